The molecule has 2 atom stereocenters. The van der Waals surface area contributed by atoms with E-state index in [0.29, 0.717) is 24.8 Å². The largest absolute Gasteiger partial charge is 0.426 e. The van der Waals surface area contributed by atoms with Crippen LogP contribution in [0.5, 0.6) is 5.75 Å². The molecule has 4 rings (SSSR count). The van der Waals surface area contributed by atoms with Crippen molar-refractivity contribution in [3.8, 4) is 5.75 Å². The fourth-order valence-electron chi connectivity index (χ4n) is 6.91. The van der Waals surface area contributed by atoms with Gasteiger partial charge in [0.05, 0.1) is 13.0 Å². The van der Waals surface area contributed by atoms with Crippen molar-refractivity contribution in [3.63, 3.8) is 0 Å². The van der Waals surface area contributed by atoms with E-state index in [-0.39, 0.29) is 29.6 Å². The van der Waals surface area contributed by atoms with Gasteiger partial charge in [-0.15, -0.1) is 0 Å². The number of nitrogens with one attached hydrogen (secondary N) is 1. The van der Waals surface area contributed by atoms with Crippen LogP contribution in [-0.2, 0) is 20.8 Å². The Bertz CT molecular complexity index is 1370. The minimum atomic E-state index is -1.16. The van der Waals surface area contributed by atoms with Gasteiger partial charge in [0.2, 0.25) is 5.91 Å². The van der Waals surface area contributed by atoms with Crippen molar-refractivity contribution < 1.29 is 19.1 Å². The third-order valence-corrected chi connectivity index (χ3v) is 10.0. The predicted octanol–water partition coefficient (Wildman–Crippen LogP) is 7.87. The number of carbonyl (C=O) groups is 3. The third-order valence-electron chi connectivity index (χ3n) is 10.0. The first-order valence-corrected chi connectivity index (χ1v) is 17.0. The van der Waals surface area contributed by atoms with E-state index in [9.17, 15) is 14.4 Å². The molecule has 1 amide bonds. The van der Waals surface area contributed by atoms with Crippen molar-refractivity contribution in [1.29, 1.82) is 0 Å². The lowest BCUT2D eigenvalue weighted by Gasteiger charge is -2.46. The van der Waals surface area contributed by atoms with E-state index < -0.39 is 11.4 Å². The Kier molecular flexibility index (Phi) is 11.2. The lowest BCUT2D eigenvalue weighted by molar-refractivity contribution is -0.148. The van der Waals surface area contributed by atoms with Gasteiger partial charge in [-0.1, -0.05) is 71.9 Å². The standard InChI is InChI=1S/C38H55N3O4/c1-9-10-11-12-13-14-19-41-24-34(42)38(7,25-41)36(44)45-29-17-15-28(16-18-29)20-35(43)39-32-21-31-27(4)23-37(5,6)40(8)33(31)22-30(32)26(2)3/h15-18,21-22,26-27H,9-14,19-20,23-25H2,1-8H3,(H,39,43). The molecule has 2 aliphatic heterocycles. The van der Waals surface area contributed by atoms with E-state index in [0.717, 1.165) is 42.6 Å². The van der Waals surface area contributed by atoms with Crippen molar-refractivity contribution >= 4 is 29.0 Å². The van der Waals surface area contributed by atoms with Gasteiger partial charge in [-0.05, 0) is 92.9 Å². The van der Waals surface area contributed by atoms with Crippen molar-refractivity contribution in [2.45, 2.75) is 117 Å². The maximum Gasteiger partial charge on any atom is 0.326 e. The number of benzene rings is 2. The molecule has 0 aromatic heterocycles. The summed E-state index contributed by atoms with van der Waals surface area (Å²) in [7, 11) is 2.16. The van der Waals surface area contributed by atoms with Crippen LogP contribution < -0.4 is 15.0 Å². The molecule has 0 bridgehead atoms. The molecular formula is C38H55N3O4. The highest BCUT2D eigenvalue weighted by atomic mass is 16.5. The van der Waals surface area contributed by atoms with Gasteiger partial charge in [-0.3, -0.25) is 19.3 Å². The van der Waals surface area contributed by atoms with E-state index in [2.05, 4.69) is 75.8 Å². The molecule has 0 aliphatic carbocycles. The Morgan fingerprint density at radius 2 is 1.69 bits per heavy atom. The second-order valence-corrected chi connectivity index (χ2v) is 14.6. The zero-order valence-corrected chi connectivity index (χ0v) is 28.9. The molecular weight excluding hydrogens is 562 g/mol. The quantitative estimate of drug-likeness (QED) is 0.107. The molecule has 45 heavy (non-hydrogen) atoms. The second-order valence-electron chi connectivity index (χ2n) is 14.6. The van der Waals surface area contributed by atoms with Gasteiger partial charge < -0.3 is 15.0 Å². The van der Waals surface area contributed by atoms with Crippen LogP contribution in [0.2, 0.25) is 0 Å². The number of unbranched alkanes of at least 4 members (excludes halogenated alkanes) is 5. The van der Waals surface area contributed by atoms with E-state index >= 15 is 0 Å². The van der Waals surface area contributed by atoms with Crippen LogP contribution in [0.4, 0.5) is 11.4 Å². The predicted molar refractivity (Wildman–Crippen MR) is 183 cm³/mol. The Morgan fingerprint density at radius 1 is 1.02 bits per heavy atom. The highest BCUT2D eigenvalue weighted by molar-refractivity contribution is 6.06. The SMILES string of the molecule is CCCCCCCCN1CC(=O)C(C)(C(=O)Oc2ccc(CC(=O)Nc3cc4c(cc3C(C)C)N(C)C(C)(C)CC4C)cc2)C1. The summed E-state index contributed by atoms with van der Waals surface area (Å²) in [6.45, 7) is 16.6. The fraction of sp³-hybridized carbons (Fsp3) is 0.605. The summed E-state index contributed by atoms with van der Waals surface area (Å²) in [6.07, 6.45) is 8.41. The second kappa shape index (κ2) is 14.5. The van der Waals surface area contributed by atoms with Gasteiger partial charge in [0.1, 0.15) is 11.2 Å². The third kappa shape index (κ3) is 8.16. The molecule has 7 nitrogen and oxygen atoms in total. The van der Waals surface area contributed by atoms with Gasteiger partial charge >= 0.3 is 5.97 Å². The zero-order valence-electron chi connectivity index (χ0n) is 28.9. The van der Waals surface area contributed by atoms with Gasteiger partial charge in [-0.25, -0.2) is 0 Å². The molecule has 0 saturated carbocycles. The number of Topliss-reactive ketones (excluding diaryl/α,β-unsaturated/α-hetero) is 1. The van der Waals surface area contributed by atoms with Crippen LogP contribution in [0.1, 0.15) is 122 Å². The minimum absolute atomic E-state index is 0.0733. The summed E-state index contributed by atoms with van der Waals surface area (Å²) in [5.74, 6) is 0.339. The summed E-state index contributed by atoms with van der Waals surface area (Å²) in [5.41, 5.74) is 4.24. The summed E-state index contributed by atoms with van der Waals surface area (Å²) in [6, 6.07) is 11.4. The average molecular weight is 618 g/mol. The van der Waals surface area contributed by atoms with E-state index in [1.165, 1.54) is 36.9 Å². The molecule has 2 heterocycles. The highest BCUT2D eigenvalue weighted by Gasteiger charge is 2.49. The molecule has 1 saturated heterocycles. The van der Waals surface area contributed by atoms with Crippen LogP contribution in [0, 0.1) is 5.41 Å². The van der Waals surface area contributed by atoms with Crippen LogP contribution in [0.3, 0.4) is 0 Å². The van der Waals surface area contributed by atoms with Gasteiger partial charge in [0.15, 0.2) is 5.78 Å². The van der Waals surface area contributed by atoms with Crippen LogP contribution in [0.15, 0.2) is 36.4 Å². The summed E-state index contributed by atoms with van der Waals surface area (Å²) in [5, 5.41) is 3.19. The number of fused-ring (bicyclic) bond motifs is 1. The lowest BCUT2D eigenvalue weighted by Crippen LogP contribution is -2.45. The number of hydrogen-bond acceptors (Lipinski definition) is 6. The van der Waals surface area contributed by atoms with Crippen LogP contribution in [0.25, 0.3) is 0 Å². The molecule has 7 heteroatoms. The number of hydrogen-bond donors (Lipinski definition) is 1. The van der Waals surface area contributed by atoms with E-state index in [1.807, 2.05) is 0 Å². The number of rotatable bonds is 13. The Hall–Kier alpha value is -3.19. The van der Waals surface area contributed by atoms with Crippen molar-refractivity contribution in [1.82, 2.24) is 4.90 Å². The average Bonchev–Trinajstić information content (AvgIpc) is 3.28. The number of nitrogens with zero attached hydrogens (tertiary/aromatic N) is 2. The van der Waals surface area contributed by atoms with E-state index in [1.54, 1.807) is 31.2 Å². The first kappa shape index (κ1) is 34.7. The van der Waals surface area contributed by atoms with Gasteiger partial charge in [0, 0.05) is 30.5 Å². The number of likely N-dealkylation sites (tertiary alicyclic amines) is 1. The molecule has 1 fully saturated rings. The van der Waals surface area contributed by atoms with E-state index in [4.69, 9.17) is 4.74 Å². The van der Waals surface area contributed by atoms with Gasteiger partial charge in [0.25, 0.3) is 0 Å². The fourth-order valence-corrected chi connectivity index (χ4v) is 6.91. The molecule has 2 aliphatic rings. The number of esters is 1. The van der Waals surface area contributed by atoms with Crippen molar-refractivity contribution in [2.75, 3.05) is 36.9 Å². The molecule has 2 aromatic rings. The smallest absolute Gasteiger partial charge is 0.326 e. The molecule has 246 valence electrons. The Balaban J connectivity index is 1.34. The van der Waals surface area contributed by atoms with Crippen molar-refractivity contribution in [3.05, 3.63) is 53.1 Å². The number of anilines is 2. The molecule has 2 unspecified atom stereocenters. The Labute approximate surface area is 271 Å². The topological polar surface area (TPSA) is 78.9 Å². The first-order valence-electron chi connectivity index (χ1n) is 17.0. The van der Waals surface area contributed by atoms with Crippen molar-refractivity contribution in [2.24, 2.45) is 5.41 Å². The first-order chi connectivity index (χ1) is 21.2. The number of carbonyl (C=O) groups excluding carboxylic acids is 3. The molecule has 0 spiro atoms. The Morgan fingerprint density at radius 3 is 2.36 bits per heavy atom. The lowest BCUT2D eigenvalue weighted by atomic mass is 9.79. The molecule has 1 N–H and O–H groups in total. The minimum Gasteiger partial charge on any atom is -0.426 e. The molecule has 0 radical (unpaired) electrons. The van der Waals surface area contributed by atoms with Crippen LogP contribution >= 0.6 is 0 Å². The number of ketones is 1. The summed E-state index contributed by atoms with van der Waals surface area (Å²) in [4.78, 5) is 43.7. The summed E-state index contributed by atoms with van der Waals surface area (Å²) >= 11 is 0. The maximum absolute atomic E-state index is 13.2. The summed E-state index contributed by atoms with van der Waals surface area (Å²) < 4.78 is 5.68. The number of amides is 1. The maximum atomic E-state index is 13.2. The van der Waals surface area contributed by atoms with Gasteiger partial charge in [-0.2, -0.15) is 0 Å². The normalized spacial score (nSPS) is 21.2. The number of ether oxygens (including phenoxy) is 1. The monoisotopic (exact) mass is 617 g/mol. The highest BCUT2D eigenvalue weighted by Crippen LogP contribution is 2.45. The molecule has 2 aromatic carbocycles. The zero-order chi connectivity index (χ0) is 32.9. The van der Waals surface area contributed by atoms with Crippen LogP contribution in [-0.4, -0.2) is 54.8 Å².